The van der Waals surface area contributed by atoms with E-state index in [0.29, 0.717) is 45.2 Å². The standard InChI is InChI=1S/C17H27N3O6/c1-17(2,3)26-16(21)19-9-11-25-13-12-24-10-8-18-14-6-4-5-7-15(14)20(22)23/h4-7,18H,8-13H2,1-3H3,(H,19,21). The van der Waals surface area contributed by atoms with E-state index >= 15 is 0 Å². The number of hydrogen-bond acceptors (Lipinski definition) is 7. The maximum atomic E-state index is 11.4. The van der Waals surface area contributed by atoms with E-state index in [1.807, 2.05) is 0 Å². The predicted molar refractivity (Wildman–Crippen MR) is 97.5 cm³/mol. The average molecular weight is 369 g/mol. The summed E-state index contributed by atoms with van der Waals surface area (Å²) in [5.74, 6) is 0. The average Bonchev–Trinajstić information content (AvgIpc) is 2.55. The summed E-state index contributed by atoms with van der Waals surface area (Å²) in [7, 11) is 0. The fraction of sp³-hybridized carbons (Fsp3) is 0.588. The van der Waals surface area contributed by atoms with Gasteiger partial charge in [0.15, 0.2) is 0 Å². The number of carbonyl (C=O) groups is 1. The molecule has 0 aliphatic heterocycles. The summed E-state index contributed by atoms with van der Waals surface area (Å²) in [5.41, 5.74) is -0.0219. The first kappa shape index (κ1) is 21.7. The van der Waals surface area contributed by atoms with Crippen molar-refractivity contribution in [2.24, 2.45) is 0 Å². The Morgan fingerprint density at radius 3 is 2.31 bits per heavy atom. The summed E-state index contributed by atoms with van der Waals surface area (Å²) in [6, 6.07) is 6.45. The molecule has 0 saturated carbocycles. The number of carbonyl (C=O) groups excluding carboxylic acids is 1. The van der Waals surface area contributed by atoms with Crippen molar-refractivity contribution in [3.8, 4) is 0 Å². The maximum Gasteiger partial charge on any atom is 0.407 e. The first-order chi connectivity index (χ1) is 12.3. The van der Waals surface area contributed by atoms with E-state index in [9.17, 15) is 14.9 Å². The fourth-order valence-corrected chi connectivity index (χ4v) is 1.90. The van der Waals surface area contributed by atoms with Gasteiger partial charge in [-0.1, -0.05) is 12.1 Å². The predicted octanol–water partition coefficient (Wildman–Crippen LogP) is 2.56. The van der Waals surface area contributed by atoms with Crippen molar-refractivity contribution in [3.63, 3.8) is 0 Å². The van der Waals surface area contributed by atoms with Crippen LogP contribution < -0.4 is 10.6 Å². The third kappa shape index (κ3) is 9.80. The first-order valence-electron chi connectivity index (χ1n) is 8.39. The van der Waals surface area contributed by atoms with Gasteiger partial charge in [-0.25, -0.2) is 4.79 Å². The Balaban J connectivity index is 2.00. The van der Waals surface area contributed by atoms with Crippen molar-refractivity contribution in [1.29, 1.82) is 0 Å². The summed E-state index contributed by atoms with van der Waals surface area (Å²) in [4.78, 5) is 21.8. The maximum absolute atomic E-state index is 11.4. The van der Waals surface area contributed by atoms with Gasteiger partial charge in [0.25, 0.3) is 5.69 Å². The van der Waals surface area contributed by atoms with Crippen LogP contribution in [-0.2, 0) is 14.2 Å². The second kappa shape index (κ2) is 11.3. The molecule has 0 aromatic heterocycles. The molecule has 0 saturated heterocycles. The zero-order valence-electron chi connectivity index (χ0n) is 15.4. The van der Waals surface area contributed by atoms with Crippen molar-refractivity contribution in [2.45, 2.75) is 26.4 Å². The molecule has 0 unspecified atom stereocenters. The number of benzene rings is 1. The summed E-state index contributed by atoms with van der Waals surface area (Å²) in [5, 5.41) is 16.4. The third-order valence-electron chi connectivity index (χ3n) is 2.95. The highest BCUT2D eigenvalue weighted by Gasteiger charge is 2.15. The number of alkyl carbamates (subject to hydrolysis) is 1. The Morgan fingerprint density at radius 1 is 1.08 bits per heavy atom. The number of nitrogens with zero attached hydrogens (tertiary/aromatic N) is 1. The van der Waals surface area contributed by atoms with Gasteiger partial charge in [0.1, 0.15) is 11.3 Å². The molecule has 0 heterocycles. The molecular formula is C17H27N3O6. The Bertz CT molecular complexity index is 574. The SMILES string of the molecule is CC(C)(C)OC(=O)NCCOCCOCCNc1ccccc1[N+](=O)[O-]. The molecule has 0 fully saturated rings. The summed E-state index contributed by atoms with van der Waals surface area (Å²) in [6.07, 6.45) is -0.474. The number of para-hydroxylation sites is 2. The van der Waals surface area contributed by atoms with E-state index in [0.717, 1.165) is 0 Å². The van der Waals surface area contributed by atoms with E-state index < -0.39 is 16.6 Å². The molecule has 0 bridgehead atoms. The third-order valence-corrected chi connectivity index (χ3v) is 2.95. The number of amides is 1. The highest BCUT2D eigenvalue weighted by Crippen LogP contribution is 2.22. The van der Waals surface area contributed by atoms with E-state index in [2.05, 4.69) is 10.6 Å². The number of nitro groups is 1. The highest BCUT2D eigenvalue weighted by molar-refractivity contribution is 5.67. The number of hydrogen-bond donors (Lipinski definition) is 2. The number of rotatable bonds is 11. The zero-order valence-corrected chi connectivity index (χ0v) is 15.4. The lowest BCUT2D eigenvalue weighted by Gasteiger charge is -2.19. The lowest BCUT2D eigenvalue weighted by atomic mass is 10.2. The number of ether oxygens (including phenoxy) is 3. The zero-order chi connectivity index (χ0) is 19.4. The van der Waals surface area contributed by atoms with Gasteiger partial charge in [-0.3, -0.25) is 10.1 Å². The Kier molecular flexibility index (Phi) is 9.38. The van der Waals surface area contributed by atoms with Gasteiger partial charge in [-0.15, -0.1) is 0 Å². The van der Waals surface area contributed by atoms with Crippen LogP contribution in [0.4, 0.5) is 16.2 Å². The van der Waals surface area contributed by atoms with Crippen LogP contribution in [0.5, 0.6) is 0 Å². The van der Waals surface area contributed by atoms with Gasteiger partial charge in [0.2, 0.25) is 0 Å². The number of nitrogens with one attached hydrogen (secondary N) is 2. The molecule has 9 nitrogen and oxygen atoms in total. The van der Waals surface area contributed by atoms with Crippen LogP contribution in [0.25, 0.3) is 0 Å². The normalized spacial score (nSPS) is 11.0. The largest absolute Gasteiger partial charge is 0.444 e. The van der Waals surface area contributed by atoms with Crippen molar-refractivity contribution >= 4 is 17.5 Å². The van der Waals surface area contributed by atoms with Crippen LogP contribution in [0, 0.1) is 10.1 Å². The topological polar surface area (TPSA) is 112 Å². The molecule has 26 heavy (non-hydrogen) atoms. The molecule has 2 N–H and O–H groups in total. The van der Waals surface area contributed by atoms with Gasteiger partial charge < -0.3 is 24.8 Å². The van der Waals surface area contributed by atoms with Gasteiger partial charge in [0, 0.05) is 19.2 Å². The molecule has 146 valence electrons. The van der Waals surface area contributed by atoms with Gasteiger partial charge in [-0.05, 0) is 26.8 Å². The van der Waals surface area contributed by atoms with Crippen LogP contribution in [-0.4, -0.2) is 56.1 Å². The van der Waals surface area contributed by atoms with Crippen molar-refractivity contribution in [2.75, 3.05) is 44.8 Å². The van der Waals surface area contributed by atoms with Gasteiger partial charge in [0.05, 0.1) is 31.4 Å². The molecule has 0 aliphatic carbocycles. The van der Waals surface area contributed by atoms with Crippen molar-refractivity contribution < 1.29 is 23.9 Å². The van der Waals surface area contributed by atoms with Gasteiger partial charge >= 0.3 is 6.09 Å². The highest BCUT2D eigenvalue weighted by atomic mass is 16.6. The lowest BCUT2D eigenvalue weighted by Crippen LogP contribution is -2.34. The van der Waals surface area contributed by atoms with Crippen LogP contribution in [0.15, 0.2) is 24.3 Å². The van der Waals surface area contributed by atoms with Crippen molar-refractivity contribution in [3.05, 3.63) is 34.4 Å². The summed E-state index contributed by atoms with van der Waals surface area (Å²) >= 11 is 0. The molecule has 0 aliphatic rings. The molecule has 1 aromatic carbocycles. The second-order valence-corrected chi connectivity index (χ2v) is 6.35. The summed E-state index contributed by atoms with van der Waals surface area (Å²) in [6.45, 7) is 7.73. The van der Waals surface area contributed by atoms with Crippen LogP contribution in [0.2, 0.25) is 0 Å². The number of nitro benzene ring substituents is 1. The molecule has 9 heteroatoms. The van der Waals surface area contributed by atoms with E-state index in [1.165, 1.54) is 6.07 Å². The van der Waals surface area contributed by atoms with E-state index in [1.54, 1.807) is 39.0 Å². The smallest absolute Gasteiger partial charge is 0.407 e. The molecule has 0 atom stereocenters. The quantitative estimate of drug-likeness (QED) is 0.350. The van der Waals surface area contributed by atoms with Crippen molar-refractivity contribution in [1.82, 2.24) is 5.32 Å². The number of anilines is 1. The molecule has 1 amide bonds. The van der Waals surface area contributed by atoms with E-state index in [-0.39, 0.29) is 5.69 Å². The van der Waals surface area contributed by atoms with Crippen LogP contribution in [0.1, 0.15) is 20.8 Å². The van der Waals surface area contributed by atoms with Crippen LogP contribution in [0.3, 0.4) is 0 Å². The monoisotopic (exact) mass is 369 g/mol. The molecule has 1 aromatic rings. The molecule has 0 radical (unpaired) electrons. The Labute approximate surface area is 153 Å². The molecular weight excluding hydrogens is 342 g/mol. The second-order valence-electron chi connectivity index (χ2n) is 6.35. The van der Waals surface area contributed by atoms with Crippen LogP contribution >= 0.6 is 0 Å². The first-order valence-corrected chi connectivity index (χ1v) is 8.39. The lowest BCUT2D eigenvalue weighted by molar-refractivity contribution is -0.384. The Hall–Kier alpha value is -2.39. The Morgan fingerprint density at radius 2 is 1.69 bits per heavy atom. The fourth-order valence-electron chi connectivity index (χ4n) is 1.90. The van der Waals surface area contributed by atoms with E-state index in [4.69, 9.17) is 14.2 Å². The minimum Gasteiger partial charge on any atom is -0.444 e. The summed E-state index contributed by atoms with van der Waals surface area (Å²) < 4.78 is 15.8. The molecule has 0 spiro atoms. The minimum atomic E-state index is -0.521. The molecule has 1 rings (SSSR count). The minimum absolute atomic E-state index is 0.0355. The van der Waals surface area contributed by atoms with Gasteiger partial charge in [-0.2, -0.15) is 0 Å².